The van der Waals surface area contributed by atoms with Crippen LogP contribution in [0.2, 0.25) is 5.02 Å². The molecule has 1 aromatic rings. The van der Waals surface area contributed by atoms with Crippen LogP contribution in [0.4, 0.5) is 4.79 Å². The minimum atomic E-state index is -0.953. The van der Waals surface area contributed by atoms with Gasteiger partial charge in [0, 0.05) is 6.20 Å². The van der Waals surface area contributed by atoms with Crippen molar-refractivity contribution in [2.75, 3.05) is 13.1 Å². The van der Waals surface area contributed by atoms with Crippen molar-refractivity contribution in [3.05, 3.63) is 17.4 Å². The number of nitrogens with zero attached hydrogens (tertiary/aromatic N) is 3. The summed E-state index contributed by atoms with van der Waals surface area (Å²) in [5.74, 6) is -0.953. The Morgan fingerprint density at radius 3 is 2.52 bits per heavy atom. The molecule has 1 amide bonds. The molecule has 8 heteroatoms. The molecule has 2 rings (SSSR count). The van der Waals surface area contributed by atoms with E-state index in [0.29, 0.717) is 5.02 Å². The zero-order valence-electron chi connectivity index (χ0n) is 12.2. The highest BCUT2D eigenvalue weighted by Gasteiger charge is 2.50. The van der Waals surface area contributed by atoms with E-state index in [0.717, 1.165) is 0 Å². The topological polar surface area (TPSA) is 84.7 Å². The Labute approximate surface area is 127 Å². The number of ether oxygens (including phenoxy) is 1. The number of amides is 1. The second-order valence-electron chi connectivity index (χ2n) is 6.23. The van der Waals surface area contributed by atoms with Crippen molar-refractivity contribution in [2.24, 2.45) is 0 Å². The Bertz CT molecular complexity index is 558. The lowest BCUT2D eigenvalue weighted by Gasteiger charge is -2.49. The minimum absolute atomic E-state index is 0.135. The van der Waals surface area contributed by atoms with Gasteiger partial charge in [0.25, 0.3) is 0 Å². The zero-order valence-corrected chi connectivity index (χ0v) is 12.9. The fourth-order valence-electron chi connectivity index (χ4n) is 2.30. The number of carbonyl (C=O) groups excluding carboxylic acids is 1. The maximum atomic E-state index is 12.0. The molecule has 7 nitrogen and oxygen atoms in total. The molecule has 0 atom stereocenters. The first-order valence-electron chi connectivity index (χ1n) is 6.52. The molecule has 21 heavy (non-hydrogen) atoms. The second kappa shape index (κ2) is 5.22. The number of hydrogen-bond acceptors (Lipinski definition) is 4. The van der Waals surface area contributed by atoms with Crippen LogP contribution in [0, 0.1) is 0 Å². The van der Waals surface area contributed by atoms with Crippen LogP contribution in [0.25, 0.3) is 0 Å². The summed E-state index contributed by atoms with van der Waals surface area (Å²) in [5, 5.41) is 13.6. The van der Waals surface area contributed by atoms with Crippen molar-refractivity contribution >= 4 is 23.7 Å². The molecule has 0 aliphatic carbocycles. The Morgan fingerprint density at radius 1 is 1.48 bits per heavy atom. The summed E-state index contributed by atoms with van der Waals surface area (Å²) in [6, 6.07) is 0. The predicted molar refractivity (Wildman–Crippen MR) is 75.3 cm³/mol. The monoisotopic (exact) mass is 315 g/mol. The average molecular weight is 316 g/mol. The number of aromatic nitrogens is 2. The van der Waals surface area contributed by atoms with Crippen molar-refractivity contribution in [2.45, 2.75) is 38.3 Å². The summed E-state index contributed by atoms with van der Waals surface area (Å²) in [4.78, 5) is 24.5. The van der Waals surface area contributed by atoms with E-state index < -0.39 is 23.2 Å². The standard InChI is InChI=1S/C13H18ClN3O4/c1-12(2,3)21-11(20)16-7-13(8-16,4-10(18)19)17-6-9(14)5-15-17/h5-6H,4,7-8H2,1-3H3,(H,18,19). The highest BCUT2D eigenvalue weighted by atomic mass is 35.5. The second-order valence-corrected chi connectivity index (χ2v) is 6.67. The van der Waals surface area contributed by atoms with E-state index in [4.69, 9.17) is 21.4 Å². The Kier molecular flexibility index (Phi) is 3.88. The van der Waals surface area contributed by atoms with Crippen LogP contribution in [0.3, 0.4) is 0 Å². The smallest absolute Gasteiger partial charge is 0.410 e. The first-order valence-corrected chi connectivity index (χ1v) is 6.89. The fourth-order valence-corrected chi connectivity index (χ4v) is 2.44. The van der Waals surface area contributed by atoms with Crippen LogP contribution in [0.1, 0.15) is 27.2 Å². The number of rotatable bonds is 3. The van der Waals surface area contributed by atoms with Gasteiger partial charge in [-0.1, -0.05) is 11.6 Å². The summed E-state index contributed by atoms with van der Waals surface area (Å²) in [7, 11) is 0. The van der Waals surface area contributed by atoms with E-state index in [1.165, 1.54) is 15.8 Å². The van der Waals surface area contributed by atoms with Gasteiger partial charge < -0.3 is 14.7 Å². The van der Waals surface area contributed by atoms with E-state index in [1.54, 1.807) is 27.0 Å². The Hall–Kier alpha value is -1.76. The molecular formula is C13H18ClN3O4. The minimum Gasteiger partial charge on any atom is -0.481 e. The third kappa shape index (κ3) is 3.47. The molecule has 0 radical (unpaired) electrons. The van der Waals surface area contributed by atoms with Gasteiger partial charge >= 0.3 is 12.1 Å². The van der Waals surface area contributed by atoms with Crippen molar-refractivity contribution in [1.82, 2.24) is 14.7 Å². The summed E-state index contributed by atoms with van der Waals surface area (Å²) in [5.41, 5.74) is -1.35. The fraction of sp³-hybridized carbons (Fsp3) is 0.615. The van der Waals surface area contributed by atoms with Gasteiger partial charge in [0.05, 0.1) is 30.7 Å². The van der Waals surface area contributed by atoms with Gasteiger partial charge in [-0.15, -0.1) is 0 Å². The molecule has 2 heterocycles. The summed E-state index contributed by atoms with van der Waals surface area (Å²) in [6.45, 7) is 5.80. The van der Waals surface area contributed by atoms with E-state index >= 15 is 0 Å². The molecule has 0 unspecified atom stereocenters. The maximum Gasteiger partial charge on any atom is 0.410 e. The number of carbonyl (C=O) groups is 2. The lowest BCUT2D eigenvalue weighted by molar-refractivity contribution is -0.143. The van der Waals surface area contributed by atoms with Gasteiger partial charge in [-0.05, 0) is 20.8 Å². The number of carboxylic acid groups (broad SMARTS) is 1. The van der Waals surface area contributed by atoms with Crippen LogP contribution in [0.5, 0.6) is 0 Å². The van der Waals surface area contributed by atoms with E-state index in [1.807, 2.05) is 0 Å². The molecule has 1 fully saturated rings. The van der Waals surface area contributed by atoms with Crippen LogP contribution < -0.4 is 0 Å². The van der Waals surface area contributed by atoms with Crippen molar-refractivity contribution < 1.29 is 19.4 Å². The predicted octanol–water partition coefficient (Wildman–Crippen LogP) is 1.96. The molecule has 1 saturated heterocycles. The first-order chi connectivity index (χ1) is 9.61. The van der Waals surface area contributed by atoms with Gasteiger partial charge in [0.2, 0.25) is 0 Å². The number of likely N-dealkylation sites (tertiary alicyclic amines) is 1. The normalized spacial score (nSPS) is 17.2. The summed E-state index contributed by atoms with van der Waals surface area (Å²) in [6.07, 6.45) is 2.42. The quantitative estimate of drug-likeness (QED) is 0.921. The maximum absolute atomic E-state index is 12.0. The largest absolute Gasteiger partial charge is 0.481 e. The Morgan fingerprint density at radius 2 is 2.10 bits per heavy atom. The van der Waals surface area contributed by atoms with E-state index in [-0.39, 0.29) is 19.5 Å². The molecule has 0 aromatic carbocycles. The van der Waals surface area contributed by atoms with E-state index in [9.17, 15) is 9.59 Å². The van der Waals surface area contributed by atoms with Crippen LogP contribution >= 0.6 is 11.6 Å². The molecule has 1 aromatic heterocycles. The summed E-state index contributed by atoms with van der Waals surface area (Å²) < 4.78 is 6.78. The SMILES string of the molecule is CC(C)(C)OC(=O)N1CC(CC(=O)O)(n2cc(Cl)cn2)C1. The molecule has 1 aliphatic rings. The van der Waals surface area contributed by atoms with Crippen molar-refractivity contribution in [3.8, 4) is 0 Å². The number of aliphatic carboxylic acids is 1. The van der Waals surface area contributed by atoms with Gasteiger partial charge in [0.15, 0.2) is 0 Å². The highest BCUT2D eigenvalue weighted by molar-refractivity contribution is 6.30. The zero-order chi connectivity index (χ0) is 15.8. The lowest BCUT2D eigenvalue weighted by atomic mass is 9.86. The van der Waals surface area contributed by atoms with Gasteiger partial charge in [-0.3, -0.25) is 9.48 Å². The van der Waals surface area contributed by atoms with Crippen LogP contribution in [0.15, 0.2) is 12.4 Å². The molecule has 116 valence electrons. The highest BCUT2D eigenvalue weighted by Crippen LogP contribution is 2.34. The van der Waals surface area contributed by atoms with E-state index in [2.05, 4.69) is 5.10 Å². The van der Waals surface area contributed by atoms with Crippen LogP contribution in [-0.2, 0) is 15.1 Å². The number of carboxylic acids is 1. The van der Waals surface area contributed by atoms with Crippen molar-refractivity contribution in [3.63, 3.8) is 0 Å². The van der Waals surface area contributed by atoms with Crippen molar-refractivity contribution in [1.29, 1.82) is 0 Å². The summed E-state index contributed by atoms with van der Waals surface area (Å²) >= 11 is 5.83. The molecule has 1 aliphatic heterocycles. The first kappa shape index (κ1) is 15.6. The molecule has 0 spiro atoms. The number of hydrogen-bond donors (Lipinski definition) is 1. The van der Waals surface area contributed by atoms with Gasteiger partial charge in [-0.25, -0.2) is 4.79 Å². The van der Waals surface area contributed by atoms with Gasteiger partial charge in [-0.2, -0.15) is 5.10 Å². The molecule has 0 bridgehead atoms. The Balaban J connectivity index is 2.10. The third-order valence-corrected chi connectivity index (χ3v) is 3.33. The molecular weight excluding hydrogens is 298 g/mol. The lowest BCUT2D eigenvalue weighted by Crippen LogP contribution is -2.65. The average Bonchev–Trinajstić information content (AvgIpc) is 2.66. The molecule has 0 saturated carbocycles. The third-order valence-electron chi connectivity index (χ3n) is 3.14. The molecule has 1 N–H and O–H groups in total. The number of halogens is 1. The van der Waals surface area contributed by atoms with Crippen LogP contribution in [-0.4, -0.2) is 50.5 Å². The van der Waals surface area contributed by atoms with Gasteiger partial charge in [0.1, 0.15) is 11.1 Å².